The number of hydrogen-bond donors (Lipinski definition) is 2. The molecule has 2 rings (SSSR count). The molecule has 0 unspecified atom stereocenters. The highest BCUT2D eigenvalue weighted by atomic mass is 32.2. The predicted octanol–water partition coefficient (Wildman–Crippen LogP) is 0.743. The fourth-order valence-corrected chi connectivity index (χ4v) is 2.14. The zero-order chi connectivity index (χ0) is 13.9. The minimum atomic E-state index is -3.19. The zero-order valence-corrected chi connectivity index (χ0v) is 11.1. The molecule has 0 radical (unpaired) electrons. The number of nitrogens with one attached hydrogen (secondary N) is 2. The molecular weight excluding hydrogens is 266 g/mol. The number of H-pyrrole nitrogens is 1. The summed E-state index contributed by atoms with van der Waals surface area (Å²) < 4.78 is 22.6. The van der Waals surface area contributed by atoms with Gasteiger partial charge in [0.2, 0.25) is 0 Å². The topological polar surface area (TPSA) is 91.9 Å². The van der Waals surface area contributed by atoms with E-state index in [0.717, 1.165) is 11.8 Å². The summed E-state index contributed by atoms with van der Waals surface area (Å²) in [7, 11) is -3.19. The number of amides is 1. The summed E-state index contributed by atoms with van der Waals surface area (Å²) in [5.41, 5.74) is 1.20. The Bertz CT molecular complexity index is 661. The van der Waals surface area contributed by atoms with Crippen molar-refractivity contribution in [2.75, 3.05) is 6.26 Å². The predicted molar refractivity (Wildman–Crippen MR) is 69.3 cm³/mol. The average Bonchev–Trinajstić information content (AvgIpc) is 2.89. The van der Waals surface area contributed by atoms with Crippen molar-refractivity contribution < 1.29 is 13.2 Å². The van der Waals surface area contributed by atoms with E-state index in [0.29, 0.717) is 12.2 Å². The van der Waals surface area contributed by atoms with E-state index >= 15 is 0 Å². The van der Waals surface area contributed by atoms with Crippen LogP contribution in [0.25, 0.3) is 0 Å². The molecule has 0 aliphatic rings. The highest BCUT2D eigenvalue weighted by Gasteiger charge is 2.08. The molecule has 7 heteroatoms. The van der Waals surface area contributed by atoms with Gasteiger partial charge in [-0.1, -0.05) is 12.1 Å². The number of hydrogen-bond acceptors (Lipinski definition) is 4. The van der Waals surface area contributed by atoms with Gasteiger partial charge < -0.3 is 5.32 Å². The minimum absolute atomic E-state index is 0.260. The Morgan fingerprint density at radius 1 is 1.26 bits per heavy atom. The van der Waals surface area contributed by atoms with Gasteiger partial charge in [0.15, 0.2) is 9.84 Å². The van der Waals surface area contributed by atoms with Gasteiger partial charge in [-0.15, -0.1) is 0 Å². The Morgan fingerprint density at radius 3 is 2.47 bits per heavy atom. The van der Waals surface area contributed by atoms with E-state index in [1.165, 1.54) is 18.3 Å². The highest BCUT2D eigenvalue weighted by Crippen LogP contribution is 2.10. The van der Waals surface area contributed by atoms with E-state index in [2.05, 4.69) is 15.5 Å². The molecule has 0 atom stereocenters. The van der Waals surface area contributed by atoms with E-state index in [-0.39, 0.29) is 10.8 Å². The van der Waals surface area contributed by atoms with Crippen LogP contribution in [0.15, 0.2) is 41.4 Å². The van der Waals surface area contributed by atoms with Gasteiger partial charge in [-0.3, -0.25) is 9.89 Å². The smallest absolute Gasteiger partial charge is 0.269 e. The standard InChI is InChI=1S/C12H13N3O3S/c1-19(17,18)10-4-2-9(3-5-10)8-13-12(16)11-6-7-14-15-11/h2-7H,8H2,1H3,(H,13,16)(H,14,15). The first kappa shape index (κ1) is 13.3. The molecule has 2 aromatic rings. The molecule has 2 N–H and O–H groups in total. The summed E-state index contributed by atoms with van der Waals surface area (Å²) in [6.07, 6.45) is 2.65. The van der Waals surface area contributed by atoms with Crippen molar-refractivity contribution in [3.63, 3.8) is 0 Å². The van der Waals surface area contributed by atoms with Crippen LogP contribution in [-0.2, 0) is 16.4 Å². The average molecular weight is 279 g/mol. The molecule has 19 heavy (non-hydrogen) atoms. The third-order valence-electron chi connectivity index (χ3n) is 2.55. The largest absolute Gasteiger partial charge is 0.347 e. The third kappa shape index (κ3) is 3.41. The number of aromatic amines is 1. The molecule has 1 heterocycles. The Balaban J connectivity index is 1.99. The second kappa shape index (κ2) is 5.23. The number of rotatable bonds is 4. The molecule has 0 bridgehead atoms. The molecule has 100 valence electrons. The summed E-state index contributed by atoms with van der Waals surface area (Å²) in [5.74, 6) is -0.260. The number of aromatic nitrogens is 2. The molecule has 6 nitrogen and oxygen atoms in total. The summed E-state index contributed by atoms with van der Waals surface area (Å²) in [6.45, 7) is 0.321. The van der Waals surface area contributed by atoms with Crippen LogP contribution >= 0.6 is 0 Å². The lowest BCUT2D eigenvalue weighted by atomic mass is 10.2. The zero-order valence-electron chi connectivity index (χ0n) is 10.3. The summed E-state index contributed by atoms with van der Waals surface area (Å²) in [5, 5.41) is 8.95. The molecule has 0 aliphatic heterocycles. The number of carbonyl (C=O) groups excluding carboxylic acids is 1. The third-order valence-corrected chi connectivity index (χ3v) is 3.68. The molecule has 0 saturated heterocycles. The monoisotopic (exact) mass is 279 g/mol. The van der Waals surface area contributed by atoms with Crippen LogP contribution < -0.4 is 5.32 Å². The first-order chi connectivity index (χ1) is 8.97. The van der Waals surface area contributed by atoms with Crippen LogP contribution in [0.3, 0.4) is 0 Å². The van der Waals surface area contributed by atoms with Crippen molar-refractivity contribution in [3.8, 4) is 0 Å². The van der Waals surface area contributed by atoms with Crippen LogP contribution in [0.1, 0.15) is 16.1 Å². The summed E-state index contributed by atoms with van der Waals surface area (Å²) >= 11 is 0. The second-order valence-electron chi connectivity index (χ2n) is 4.07. The molecule has 0 spiro atoms. The molecule has 1 amide bonds. The Morgan fingerprint density at radius 2 is 1.95 bits per heavy atom. The summed E-state index contributed by atoms with van der Waals surface area (Å²) in [6, 6.07) is 7.95. The van der Waals surface area contributed by atoms with Gasteiger partial charge in [-0.25, -0.2) is 8.42 Å². The maximum atomic E-state index is 11.6. The maximum absolute atomic E-state index is 11.6. The van der Waals surface area contributed by atoms with Crippen molar-refractivity contribution in [2.24, 2.45) is 0 Å². The molecule has 1 aromatic heterocycles. The minimum Gasteiger partial charge on any atom is -0.347 e. The fraction of sp³-hybridized carbons (Fsp3) is 0.167. The van der Waals surface area contributed by atoms with Crippen molar-refractivity contribution >= 4 is 15.7 Å². The lowest BCUT2D eigenvalue weighted by Gasteiger charge is -2.04. The van der Waals surface area contributed by atoms with Gasteiger partial charge in [0.05, 0.1) is 4.90 Å². The van der Waals surface area contributed by atoms with Crippen molar-refractivity contribution in [3.05, 3.63) is 47.8 Å². The van der Waals surface area contributed by atoms with Gasteiger partial charge in [-0.05, 0) is 23.8 Å². The van der Waals surface area contributed by atoms with Crippen LogP contribution in [0.2, 0.25) is 0 Å². The van der Waals surface area contributed by atoms with Gasteiger partial charge in [-0.2, -0.15) is 5.10 Å². The SMILES string of the molecule is CS(=O)(=O)c1ccc(CNC(=O)c2ccn[nH]2)cc1. The lowest BCUT2D eigenvalue weighted by Crippen LogP contribution is -2.23. The quantitative estimate of drug-likeness (QED) is 0.863. The highest BCUT2D eigenvalue weighted by molar-refractivity contribution is 7.90. The second-order valence-corrected chi connectivity index (χ2v) is 6.08. The maximum Gasteiger partial charge on any atom is 0.269 e. The number of nitrogens with zero attached hydrogens (tertiary/aromatic N) is 1. The Kier molecular flexibility index (Phi) is 3.66. The van der Waals surface area contributed by atoms with Crippen LogP contribution in [0.5, 0.6) is 0 Å². The normalized spacial score (nSPS) is 11.2. The van der Waals surface area contributed by atoms with Crippen molar-refractivity contribution in [1.29, 1.82) is 0 Å². The van der Waals surface area contributed by atoms with Gasteiger partial charge in [0.1, 0.15) is 5.69 Å². The Labute approximate surface area is 110 Å². The van der Waals surface area contributed by atoms with Crippen LogP contribution in [0.4, 0.5) is 0 Å². The molecular formula is C12H13N3O3S. The van der Waals surface area contributed by atoms with Gasteiger partial charge in [0, 0.05) is 19.0 Å². The van der Waals surface area contributed by atoms with E-state index < -0.39 is 9.84 Å². The molecule has 1 aromatic carbocycles. The van der Waals surface area contributed by atoms with E-state index in [1.54, 1.807) is 18.2 Å². The van der Waals surface area contributed by atoms with Crippen molar-refractivity contribution in [1.82, 2.24) is 15.5 Å². The first-order valence-corrected chi connectivity index (χ1v) is 7.42. The lowest BCUT2D eigenvalue weighted by molar-refractivity contribution is 0.0946. The first-order valence-electron chi connectivity index (χ1n) is 5.53. The summed E-state index contributed by atoms with van der Waals surface area (Å²) in [4.78, 5) is 11.9. The van der Waals surface area contributed by atoms with Gasteiger partial charge >= 0.3 is 0 Å². The number of sulfone groups is 1. The molecule has 0 saturated carbocycles. The van der Waals surface area contributed by atoms with Crippen LogP contribution in [0, 0.1) is 0 Å². The number of benzene rings is 1. The fourth-order valence-electron chi connectivity index (χ4n) is 1.51. The number of carbonyl (C=O) groups is 1. The molecule has 0 aliphatic carbocycles. The molecule has 0 fully saturated rings. The van der Waals surface area contributed by atoms with E-state index in [1.807, 2.05) is 0 Å². The van der Waals surface area contributed by atoms with E-state index in [4.69, 9.17) is 0 Å². The van der Waals surface area contributed by atoms with Gasteiger partial charge in [0.25, 0.3) is 5.91 Å². The van der Waals surface area contributed by atoms with Crippen LogP contribution in [-0.4, -0.2) is 30.8 Å². The van der Waals surface area contributed by atoms with E-state index in [9.17, 15) is 13.2 Å². The van der Waals surface area contributed by atoms with Crippen molar-refractivity contribution in [2.45, 2.75) is 11.4 Å². The Hall–Kier alpha value is -2.15.